The summed E-state index contributed by atoms with van der Waals surface area (Å²) in [5.41, 5.74) is -0.000921. The Morgan fingerprint density at radius 1 is 1.25 bits per heavy atom. The number of nitroso groups, excluding NO2 is 1. The van der Waals surface area contributed by atoms with Gasteiger partial charge >= 0.3 is 18.5 Å². The maximum atomic E-state index is 13.3. The summed E-state index contributed by atoms with van der Waals surface area (Å²) in [6.07, 6.45) is -12.1. The zero-order valence-corrected chi connectivity index (χ0v) is 13.7. The van der Waals surface area contributed by atoms with Gasteiger partial charge in [0.2, 0.25) is 12.9 Å². The number of aryl methyl sites for hydroxylation is 1. The largest absolute Gasteiger partial charge is 0.573 e. The Hall–Kier alpha value is -3.03. The van der Waals surface area contributed by atoms with Crippen LogP contribution in [0.15, 0.2) is 23.0 Å². The van der Waals surface area contributed by atoms with Gasteiger partial charge in [0.05, 0.1) is 10.9 Å². The summed E-state index contributed by atoms with van der Waals surface area (Å²) in [4.78, 5) is 25.8. The third-order valence-corrected chi connectivity index (χ3v) is 3.22. The molecular formula is C14H10F6N2O6. The van der Waals surface area contributed by atoms with Crippen LogP contribution in [0.5, 0.6) is 11.5 Å². The van der Waals surface area contributed by atoms with Crippen molar-refractivity contribution < 1.29 is 50.2 Å². The Bertz CT molecular complexity index is 792. The molecule has 0 bridgehead atoms. The molecule has 0 unspecified atom stereocenters. The number of halogens is 6. The third kappa shape index (κ3) is 5.25. The normalized spacial score (nSPS) is 16.4. The first-order valence-corrected chi connectivity index (χ1v) is 7.14. The van der Waals surface area contributed by atoms with Gasteiger partial charge in [0.15, 0.2) is 0 Å². The predicted octanol–water partition coefficient (Wildman–Crippen LogP) is 3.30. The predicted molar refractivity (Wildman–Crippen MR) is 77.3 cm³/mol. The molecule has 0 fully saturated rings. The molecule has 14 heteroatoms. The molecule has 0 spiro atoms. The van der Waals surface area contributed by atoms with Crippen molar-refractivity contribution in [2.75, 3.05) is 6.79 Å². The summed E-state index contributed by atoms with van der Waals surface area (Å²) in [5, 5.41) is 2.04. The van der Waals surface area contributed by atoms with E-state index in [1.807, 2.05) is 5.29 Å². The Kier molecular flexibility index (Phi) is 6.01. The lowest BCUT2D eigenvalue weighted by Gasteiger charge is -2.29. The summed E-state index contributed by atoms with van der Waals surface area (Å²) >= 11 is 0. The summed E-state index contributed by atoms with van der Waals surface area (Å²) in [7, 11) is 0. The van der Waals surface area contributed by atoms with Crippen LogP contribution in [0.3, 0.4) is 0 Å². The van der Waals surface area contributed by atoms with E-state index in [9.17, 15) is 36.0 Å². The molecule has 1 aromatic carbocycles. The number of alkyl halides is 6. The first-order chi connectivity index (χ1) is 12.9. The molecule has 0 aliphatic carbocycles. The van der Waals surface area contributed by atoms with Crippen LogP contribution in [-0.2, 0) is 14.4 Å². The van der Waals surface area contributed by atoms with Crippen molar-refractivity contribution in [2.45, 2.75) is 25.6 Å². The SMILES string of the molecule is Cc1cc(OC(F)(F)F)cc2c1O[C@H](C(F)(F)F)C(C(=O)OCONN=O)=C2. The lowest BCUT2D eigenvalue weighted by molar-refractivity contribution is -0.274. The van der Waals surface area contributed by atoms with Crippen LogP contribution in [-0.4, -0.2) is 31.4 Å². The Morgan fingerprint density at radius 3 is 2.50 bits per heavy atom. The summed E-state index contributed by atoms with van der Waals surface area (Å²) in [5.74, 6) is -2.64. The summed E-state index contributed by atoms with van der Waals surface area (Å²) in [6, 6.07) is 1.59. The number of hydrogen-bond donors (Lipinski definition) is 1. The quantitative estimate of drug-likeness (QED) is 0.190. The molecule has 154 valence electrons. The summed E-state index contributed by atoms with van der Waals surface area (Å²) < 4.78 is 89.9. The van der Waals surface area contributed by atoms with E-state index in [0.717, 1.165) is 12.1 Å². The first-order valence-electron chi connectivity index (χ1n) is 7.14. The lowest BCUT2D eigenvalue weighted by atomic mass is 9.99. The molecular weight excluding hydrogens is 406 g/mol. The van der Waals surface area contributed by atoms with Gasteiger partial charge in [-0.2, -0.15) is 13.2 Å². The van der Waals surface area contributed by atoms with Gasteiger partial charge in [-0.05, 0) is 30.7 Å². The van der Waals surface area contributed by atoms with E-state index >= 15 is 0 Å². The molecule has 1 N–H and O–H groups in total. The number of nitrogens with zero attached hydrogens (tertiary/aromatic N) is 1. The molecule has 0 aromatic heterocycles. The molecule has 0 amide bonds. The fourth-order valence-electron chi connectivity index (χ4n) is 2.28. The average Bonchev–Trinajstić information content (AvgIpc) is 2.55. The van der Waals surface area contributed by atoms with Crippen molar-refractivity contribution in [3.63, 3.8) is 0 Å². The molecule has 1 heterocycles. The fourth-order valence-corrected chi connectivity index (χ4v) is 2.28. The van der Waals surface area contributed by atoms with Crippen molar-refractivity contribution >= 4 is 12.0 Å². The molecule has 8 nitrogen and oxygen atoms in total. The van der Waals surface area contributed by atoms with Gasteiger partial charge in [-0.15, -0.1) is 23.7 Å². The number of benzene rings is 1. The molecule has 28 heavy (non-hydrogen) atoms. The number of carbonyl (C=O) groups is 1. The summed E-state index contributed by atoms with van der Waals surface area (Å²) in [6.45, 7) is 0.230. The van der Waals surface area contributed by atoms with Gasteiger partial charge in [0, 0.05) is 5.56 Å². The number of rotatable bonds is 6. The van der Waals surface area contributed by atoms with Gasteiger partial charge in [0.1, 0.15) is 11.5 Å². The molecule has 1 aromatic rings. The van der Waals surface area contributed by atoms with E-state index in [0.29, 0.717) is 6.08 Å². The second-order valence-corrected chi connectivity index (χ2v) is 5.22. The molecule has 0 radical (unpaired) electrons. The molecule has 2 rings (SSSR count). The Balaban J connectivity index is 2.39. The number of hydrogen-bond acceptors (Lipinski definition) is 7. The van der Waals surface area contributed by atoms with Crippen LogP contribution < -0.4 is 15.1 Å². The van der Waals surface area contributed by atoms with Crippen LogP contribution in [0, 0.1) is 11.8 Å². The standard InChI is InChI=1S/C14H10F6N2O6/c1-6-2-8(28-14(18,19)20)3-7-4-9(12(23)25-5-26-22-21-24)11(13(15,16)17)27-10(6)7/h2-4,11H,5H2,1H3,(H,22,24)/t11-/m0/s1. The van der Waals surface area contributed by atoms with E-state index in [-0.39, 0.29) is 16.9 Å². The van der Waals surface area contributed by atoms with Crippen LogP contribution in [0.1, 0.15) is 11.1 Å². The van der Waals surface area contributed by atoms with E-state index in [4.69, 9.17) is 4.74 Å². The highest BCUT2D eigenvalue weighted by atomic mass is 19.4. The van der Waals surface area contributed by atoms with Crippen LogP contribution >= 0.6 is 0 Å². The van der Waals surface area contributed by atoms with Crippen LogP contribution in [0.4, 0.5) is 26.3 Å². The molecule has 1 atom stereocenters. The minimum absolute atomic E-state index is 0.0840. The number of fused-ring (bicyclic) bond motifs is 1. The second-order valence-electron chi connectivity index (χ2n) is 5.22. The third-order valence-electron chi connectivity index (χ3n) is 3.22. The van der Waals surface area contributed by atoms with Gasteiger partial charge in [-0.3, -0.25) is 0 Å². The van der Waals surface area contributed by atoms with Crippen LogP contribution in [0.2, 0.25) is 0 Å². The van der Waals surface area contributed by atoms with Crippen molar-refractivity contribution in [1.29, 1.82) is 0 Å². The van der Waals surface area contributed by atoms with Crippen molar-refractivity contribution in [2.24, 2.45) is 5.29 Å². The second kappa shape index (κ2) is 7.92. The topological polar surface area (TPSA) is 95.5 Å². The number of nitrogens with one attached hydrogen (secondary N) is 1. The smallest absolute Gasteiger partial charge is 0.475 e. The number of carbonyl (C=O) groups excluding carboxylic acids is 1. The lowest BCUT2D eigenvalue weighted by Crippen LogP contribution is -2.41. The van der Waals surface area contributed by atoms with Crippen LogP contribution in [0.25, 0.3) is 6.08 Å². The highest BCUT2D eigenvalue weighted by Gasteiger charge is 2.49. The highest BCUT2D eigenvalue weighted by Crippen LogP contribution is 2.41. The first kappa shape index (κ1) is 21.3. The van der Waals surface area contributed by atoms with Crippen molar-refractivity contribution in [3.05, 3.63) is 33.7 Å². The van der Waals surface area contributed by atoms with E-state index in [1.54, 1.807) is 0 Å². The average molecular weight is 416 g/mol. The number of esters is 1. The molecule has 0 saturated heterocycles. The van der Waals surface area contributed by atoms with E-state index in [1.165, 1.54) is 12.5 Å². The number of ether oxygens (including phenoxy) is 3. The minimum Gasteiger partial charge on any atom is -0.475 e. The maximum absolute atomic E-state index is 13.3. The maximum Gasteiger partial charge on any atom is 0.573 e. The molecule has 1 aliphatic heterocycles. The monoisotopic (exact) mass is 416 g/mol. The minimum atomic E-state index is -5.04. The Labute approximate surface area is 151 Å². The van der Waals surface area contributed by atoms with Crippen molar-refractivity contribution in [3.8, 4) is 11.5 Å². The molecule has 0 saturated carbocycles. The van der Waals surface area contributed by atoms with Gasteiger partial charge in [-0.25, -0.2) is 9.63 Å². The fraction of sp³-hybridized carbons (Fsp3) is 0.357. The van der Waals surface area contributed by atoms with E-state index < -0.39 is 42.7 Å². The zero-order chi connectivity index (χ0) is 21.1. The van der Waals surface area contributed by atoms with Gasteiger partial charge in [-0.1, -0.05) is 0 Å². The highest BCUT2D eigenvalue weighted by molar-refractivity contribution is 5.96. The van der Waals surface area contributed by atoms with Gasteiger partial charge in [0.25, 0.3) is 0 Å². The zero-order valence-electron chi connectivity index (χ0n) is 13.7. The Morgan fingerprint density at radius 2 is 1.93 bits per heavy atom. The molecule has 1 aliphatic rings. The van der Waals surface area contributed by atoms with Crippen molar-refractivity contribution in [1.82, 2.24) is 5.59 Å². The van der Waals surface area contributed by atoms with Gasteiger partial charge < -0.3 is 14.2 Å². The van der Waals surface area contributed by atoms with E-state index in [2.05, 4.69) is 14.3 Å².